The Labute approximate surface area is 160 Å². The topological polar surface area (TPSA) is 92.8 Å². The number of hydrogen-bond donors (Lipinski definition) is 1. The fourth-order valence-electron chi connectivity index (χ4n) is 3.09. The number of halogens is 1. The van der Waals surface area contributed by atoms with E-state index in [0.29, 0.717) is 23.7 Å². The van der Waals surface area contributed by atoms with Gasteiger partial charge in [0, 0.05) is 24.6 Å². The molecular formula is C20H16FN5O2. The molecule has 1 saturated heterocycles. The molecule has 7 nitrogen and oxygen atoms in total. The van der Waals surface area contributed by atoms with Gasteiger partial charge in [-0.15, -0.1) is 0 Å². The van der Waals surface area contributed by atoms with Crippen LogP contribution in [0, 0.1) is 17.1 Å². The number of nitrogens with zero attached hydrogens (tertiary/aromatic N) is 4. The molecule has 3 aromatic rings. The molecule has 1 atom stereocenters. The molecule has 1 aromatic carbocycles. The van der Waals surface area contributed by atoms with Crippen molar-refractivity contribution in [2.24, 2.45) is 0 Å². The van der Waals surface area contributed by atoms with Gasteiger partial charge in [0.25, 0.3) is 5.91 Å². The van der Waals surface area contributed by atoms with Crippen molar-refractivity contribution in [3.8, 4) is 11.8 Å². The number of amides is 1. The van der Waals surface area contributed by atoms with Crippen LogP contribution in [0.5, 0.6) is 0 Å². The molecule has 1 aliphatic heterocycles. The first-order valence-electron chi connectivity index (χ1n) is 8.78. The van der Waals surface area contributed by atoms with E-state index in [0.717, 1.165) is 24.7 Å². The molecule has 8 heteroatoms. The van der Waals surface area contributed by atoms with Gasteiger partial charge in [0.05, 0.1) is 23.1 Å². The maximum atomic E-state index is 13.7. The van der Waals surface area contributed by atoms with Crippen LogP contribution in [0.4, 0.5) is 10.1 Å². The van der Waals surface area contributed by atoms with E-state index in [2.05, 4.69) is 21.5 Å². The van der Waals surface area contributed by atoms with Gasteiger partial charge in [0.2, 0.25) is 0 Å². The van der Waals surface area contributed by atoms with Crippen molar-refractivity contribution in [2.45, 2.75) is 18.9 Å². The third-order valence-electron chi connectivity index (χ3n) is 4.49. The van der Waals surface area contributed by atoms with E-state index in [9.17, 15) is 14.4 Å². The van der Waals surface area contributed by atoms with Gasteiger partial charge in [-0.1, -0.05) is 0 Å². The molecule has 1 unspecified atom stereocenters. The number of pyridine rings is 1. The van der Waals surface area contributed by atoms with E-state index in [1.54, 1.807) is 35.0 Å². The third kappa shape index (κ3) is 3.48. The van der Waals surface area contributed by atoms with Gasteiger partial charge in [0.15, 0.2) is 5.82 Å². The number of nitrogens with one attached hydrogen (secondary N) is 1. The highest BCUT2D eigenvalue weighted by molar-refractivity contribution is 6.04. The van der Waals surface area contributed by atoms with Crippen LogP contribution in [0.3, 0.4) is 0 Å². The summed E-state index contributed by atoms with van der Waals surface area (Å²) in [5, 5.41) is 16.6. The highest BCUT2D eigenvalue weighted by Crippen LogP contribution is 2.29. The van der Waals surface area contributed by atoms with E-state index < -0.39 is 11.7 Å². The second-order valence-electron chi connectivity index (χ2n) is 6.34. The molecule has 2 aromatic heterocycles. The smallest absolute Gasteiger partial charge is 0.258 e. The van der Waals surface area contributed by atoms with Crippen molar-refractivity contribution in [1.82, 2.24) is 14.8 Å². The summed E-state index contributed by atoms with van der Waals surface area (Å²) in [6, 6.07) is 12.0. The molecule has 1 N–H and O–H groups in total. The normalized spacial score (nSPS) is 15.9. The molecule has 0 saturated carbocycles. The van der Waals surface area contributed by atoms with Crippen LogP contribution in [-0.2, 0) is 4.74 Å². The number of ether oxygens (including phenoxy) is 1. The van der Waals surface area contributed by atoms with Crippen molar-refractivity contribution in [3.63, 3.8) is 0 Å². The molecule has 0 radical (unpaired) electrons. The van der Waals surface area contributed by atoms with Crippen molar-refractivity contribution in [2.75, 3.05) is 11.9 Å². The van der Waals surface area contributed by atoms with Crippen LogP contribution in [0.15, 0.2) is 48.8 Å². The average Bonchev–Trinajstić information content (AvgIpc) is 3.38. The number of hydrogen-bond acceptors (Lipinski definition) is 5. The van der Waals surface area contributed by atoms with Gasteiger partial charge in [-0.25, -0.2) is 9.07 Å². The summed E-state index contributed by atoms with van der Waals surface area (Å²) in [4.78, 5) is 15.8. The molecular weight excluding hydrogens is 361 g/mol. The lowest BCUT2D eigenvalue weighted by Crippen LogP contribution is -2.14. The Morgan fingerprint density at radius 2 is 2.14 bits per heavy atom. The zero-order valence-corrected chi connectivity index (χ0v) is 14.8. The second-order valence-corrected chi connectivity index (χ2v) is 6.34. The van der Waals surface area contributed by atoms with Crippen LogP contribution in [-0.4, -0.2) is 27.3 Å². The Morgan fingerprint density at radius 1 is 1.32 bits per heavy atom. The average molecular weight is 377 g/mol. The quantitative estimate of drug-likeness (QED) is 0.752. The molecule has 0 bridgehead atoms. The molecule has 28 heavy (non-hydrogen) atoms. The van der Waals surface area contributed by atoms with Gasteiger partial charge in [-0.2, -0.15) is 10.4 Å². The van der Waals surface area contributed by atoms with Gasteiger partial charge < -0.3 is 10.1 Å². The van der Waals surface area contributed by atoms with Gasteiger partial charge >= 0.3 is 0 Å². The molecule has 0 spiro atoms. The fraction of sp³-hybridized carbons (Fsp3) is 0.200. The number of nitriles is 1. The summed E-state index contributed by atoms with van der Waals surface area (Å²) in [5.41, 5.74) is 2.23. The third-order valence-corrected chi connectivity index (χ3v) is 4.49. The Kier molecular flexibility index (Phi) is 4.83. The van der Waals surface area contributed by atoms with E-state index in [4.69, 9.17) is 4.74 Å². The van der Waals surface area contributed by atoms with Gasteiger partial charge in [0.1, 0.15) is 17.9 Å². The Morgan fingerprint density at radius 3 is 2.82 bits per heavy atom. The van der Waals surface area contributed by atoms with Crippen LogP contribution < -0.4 is 5.32 Å². The predicted octanol–water partition coefficient (Wildman–Crippen LogP) is 3.38. The predicted molar refractivity (Wildman–Crippen MR) is 98.4 cm³/mol. The Hall–Kier alpha value is -3.57. The molecule has 1 aliphatic rings. The highest BCUT2D eigenvalue weighted by Gasteiger charge is 2.22. The van der Waals surface area contributed by atoms with E-state index in [1.807, 2.05) is 0 Å². The van der Waals surface area contributed by atoms with Crippen LogP contribution in [0.2, 0.25) is 0 Å². The standard InChI is InChI=1S/C20H16FN5O2/c21-17-12-23-8-7-16(17)20(27)24-13-3-5-14(6-4-13)26-15(11-22)10-18(25-26)19-2-1-9-28-19/h3-8,10,12,19H,1-2,9H2,(H,24,27). The molecule has 0 aliphatic carbocycles. The lowest BCUT2D eigenvalue weighted by Gasteiger charge is -2.08. The summed E-state index contributed by atoms with van der Waals surface area (Å²) < 4.78 is 20.8. The first kappa shape index (κ1) is 17.8. The van der Waals surface area contributed by atoms with E-state index >= 15 is 0 Å². The lowest BCUT2D eigenvalue weighted by atomic mass is 10.2. The van der Waals surface area contributed by atoms with Crippen molar-refractivity contribution < 1.29 is 13.9 Å². The minimum atomic E-state index is -0.687. The largest absolute Gasteiger partial charge is 0.372 e. The minimum absolute atomic E-state index is 0.0813. The first-order valence-corrected chi connectivity index (χ1v) is 8.78. The number of aromatic nitrogens is 3. The summed E-state index contributed by atoms with van der Waals surface area (Å²) in [6.45, 7) is 0.700. The fourth-order valence-corrected chi connectivity index (χ4v) is 3.09. The first-order chi connectivity index (χ1) is 13.7. The van der Waals surface area contributed by atoms with Crippen molar-refractivity contribution >= 4 is 11.6 Å². The number of anilines is 1. The molecule has 140 valence electrons. The maximum absolute atomic E-state index is 13.7. The Bertz CT molecular complexity index is 1050. The molecule has 3 heterocycles. The summed E-state index contributed by atoms with van der Waals surface area (Å²) in [6.07, 6.45) is 4.13. The van der Waals surface area contributed by atoms with E-state index in [-0.39, 0.29) is 11.7 Å². The van der Waals surface area contributed by atoms with Crippen LogP contribution in [0.1, 0.15) is 40.7 Å². The van der Waals surface area contributed by atoms with Crippen LogP contribution in [0.25, 0.3) is 5.69 Å². The summed E-state index contributed by atoms with van der Waals surface area (Å²) >= 11 is 0. The second kappa shape index (κ2) is 7.58. The van der Waals surface area contributed by atoms with Gasteiger partial charge in [-0.05, 0) is 43.2 Å². The monoisotopic (exact) mass is 377 g/mol. The minimum Gasteiger partial charge on any atom is -0.372 e. The zero-order chi connectivity index (χ0) is 19.5. The molecule has 1 amide bonds. The zero-order valence-electron chi connectivity index (χ0n) is 14.8. The SMILES string of the molecule is N#Cc1cc(C2CCCO2)nn1-c1ccc(NC(=O)c2ccncc2F)cc1. The van der Waals surface area contributed by atoms with Crippen molar-refractivity contribution in [1.29, 1.82) is 5.26 Å². The number of benzene rings is 1. The number of carbonyl (C=O) groups is 1. The van der Waals surface area contributed by atoms with Crippen LogP contribution >= 0.6 is 0 Å². The number of rotatable bonds is 4. The molecule has 1 fully saturated rings. The summed E-state index contributed by atoms with van der Waals surface area (Å²) in [5.74, 6) is -1.25. The highest BCUT2D eigenvalue weighted by atomic mass is 19.1. The lowest BCUT2D eigenvalue weighted by molar-refractivity contribution is 0.102. The van der Waals surface area contributed by atoms with Gasteiger partial charge in [-0.3, -0.25) is 9.78 Å². The summed E-state index contributed by atoms with van der Waals surface area (Å²) in [7, 11) is 0. The molecule has 4 rings (SSSR count). The Balaban J connectivity index is 1.54. The van der Waals surface area contributed by atoms with Crippen molar-refractivity contribution in [3.05, 3.63) is 71.6 Å². The number of carbonyl (C=O) groups excluding carboxylic acids is 1. The maximum Gasteiger partial charge on any atom is 0.258 e. The van der Waals surface area contributed by atoms with E-state index in [1.165, 1.54) is 12.3 Å².